The van der Waals surface area contributed by atoms with E-state index >= 15 is 0 Å². The molecule has 2 aromatic rings. The summed E-state index contributed by atoms with van der Waals surface area (Å²) in [6.45, 7) is 2.18. The highest BCUT2D eigenvalue weighted by Gasteiger charge is 2.17. The van der Waals surface area contributed by atoms with Crippen molar-refractivity contribution in [1.29, 1.82) is 0 Å². The number of hydrogen-bond acceptors (Lipinski definition) is 1. The summed E-state index contributed by atoms with van der Waals surface area (Å²) in [5.41, 5.74) is 2.70. The van der Waals surface area contributed by atoms with Crippen LogP contribution in [0.3, 0.4) is 0 Å². The Labute approximate surface area is 150 Å². The molecule has 1 aromatic carbocycles. The number of benzene rings is 1. The van der Waals surface area contributed by atoms with Crippen molar-refractivity contribution >= 4 is 0 Å². The molecule has 1 heterocycles. The highest BCUT2D eigenvalue weighted by Crippen LogP contribution is 2.29. The van der Waals surface area contributed by atoms with Crippen molar-refractivity contribution in [1.82, 2.24) is 4.98 Å². The van der Waals surface area contributed by atoms with E-state index in [4.69, 9.17) is 0 Å². The maximum absolute atomic E-state index is 13.0. The normalized spacial score (nSPS) is 20.2. The summed E-state index contributed by atoms with van der Waals surface area (Å²) in [5, 5.41) is 0. The molecule has 0 aliphatic heterocycles. The van der Waals surface area contributed by atoms with Crippen molar-refractivity contribution in [3.8, 4) is 23.1 Å². The zero-order chi connectivity index (χ0) is 17.5. The largest absolute Gasteiger partial charge is 0.255 e. The second kappa shape index (κ2) is 8.62. The fourth-order valence-electron chi connectivity index (χ4n) is 3.23. The van der Waals surface area contributed by atoms with Crippen LogP contribution in [0.1, 0.15) is 44.6 Å². The lowest BCUT2D eigenvalue weighted by Gasteiger charge is -2.23. The van der Waals surface area contributed by atoms with Gasteiger partial charge in [-0.05, 0) is 74.4 Å². The summed E-state index contributed by atoms with van der Waals surface area (Å²) in [6, 6.07) is 10.3. The van der Waals surface area contributed by atoms with E-state index < -0.39 is 0 Å². The Balaban J connectivity index is 1.58. The number of hydrogen-bond donors (Lipinski definition) is 0. The molecule has 1 aliphatic carbocycles. The average Bonchev–Trinajstić information content (AvgIpc) is 2.67. The predicted octanol–water partition coefficient (Wildman–Crippen LogP) is 6.01. The van der Waals surface area contributed by atoms with Gasteiger partial charge in [-0.15, -0.1) is 0 Å². The molecular weight excluding hydrogens is 309 g/mol. The van der Waals surface area contributed by atoms with Crippen LogP contribution in [0.15, 0.2) is 54.7 Å². The van der Waals surface area contributed by atoms with Gasteiger partial charge in [-0.3, -0.25) is 4.98 Å². The zero-order valence-electron chi connectivity index (χ0n) is 14.7. The molecule has 2 heteroatoms. The standard InChI is InChI=1S/C23H24FN/c1-2-3-4-18-5-7-19(8-6-18)9-10-20-11-16-23(25-17-20)21-12-14-22(24)15-13-21/h3-4,11-19H,2,5-8H2,1H3/b4-3+. The first-order chi connectivity index (χ1) is 12.2. The van der Waals surface area contributed by atoms with Crippen LogP contribution < -0.4 is 0 Å². The summed E-state index contributed by atoms with van der Waals surface area (Å²) in [7, 11) is 0. The highest BCUT2D eigenvalue weighted by atomic mass is 19.1. The van der Waals surface area contributed by atoms with Crippen molar-refractivity contribution in [2.24, 2.45) is 11.8 Å². The third kappa shape index (κ3) is 5.03. The van der Waals surface area contributed by atoms with Crippen LogP contribution in [0, 0.1) is 29.5 Å². The number of halogens is 1. The van der Waals surface area contributed by atoms with Crippen LogP contribution in [0.5, 0.6) is 0 Å². The number of nitrogens with zero attached hydrogens (tertiary/aromatic N) is 1. The lowest BCUT2D eigenvalue weighted by molar-refractivity contribution is 0.364. The summed E-state index contributed by atoms with van der Waals surface area (Å²) < 4.78 is 13.0. The molecular formula is C23H24FN. The maximum Gasteiger partial charge on any atom is 0.123 e. The van der Waals surface area contributed by atoms with Crippen molar-refractivity contribution in [2.45, 2.75) is 39.0 Å². The Morgan fingerprint density at radius 3 is 2.48 bits per heavy atom. The molecule has 1 nitrogen and oxygen atoms in total. The van der Waals surface area contributed by atoms with Crippen molar-refractivity contribution in [3.05, 3.63) is 66.1 Å². The Bertz CT molecular complexity index is 754. The number of aromatic nitrogens is 1. The van der Waals surface area contributed by atoms with Crippen LogP contribution in [0.25, 0.3) is 11.3 Å². The molecule has 128 valence electrons. The van der Waals surface area contributed by atoms with E-state index in [0.717, 1.165) is 29.2 Å². The quantitative estimate of drug-likeness (QED) is 0.495. The summed E-state index contributed by atoms with van der Waals surface area (Å²) >= 11 is 0. The fourth-order valence-corrected chi connectivity index (χ4v) is 3.23. The molecule has 0 amide bonds. The fraction of sp³-hybridized carbons (Fsp3) is 0.348. The van der Waals surface area contributed by atoms with E-state index in [2.05, 4.69) is 35.9 Å². The third-order valence-corrected chi connectivity index (χ3v) is 4.74. The molecule has 0 atom stereocenters. The first-order valence-electron chi connectivity index (χ1n) is 9.15. The lowest BCUT2D eigenvalue weighted by Crippen LogP contribution is -2.11. The van der Waals surface area contributed by atoms with E-state index in [1.54, 1.807) is 18.3 Å². The van der Waals surface area contributed by atoms with Gasteiger partial charge in [0.15, 0.2) is 0 Å². The van der Waals surface area contributed by atoms with E-state index in [1.165, 1.54) is 37.8 Å². The van der Waals surface area contributed by atoms with Crippen LogP contribution >= 0.6 is 0 Å². The Morgan fingerprint density at radius 1 is 1.08 bits per heavy atom. The first-order valence-corrected chi connectivity index (χ1v) is 9.15. The molecule has 1 saturated carbocycles. The van der Waals surface area contributed by atoms with Gasteiger partial charge in [0.1, 0.15) is 5.82 Å². The highest BCUT2D eigenvalue weighted by molar-refractivity contribution is 5.59. The van der Waals surface area contributed by atoms with Gasteiger partial charge >= 0.3 is 0 Å². The molecule has 0 N–H and O–H groups in total. The van der Waals surface area contributed by atoms with Crippen LogP contribution in [-0.4, -0.2) is 4.98 Å². The second-order valence-electron chi connectivity index (χ2n) is 6.66. The number of allylic oxidation sites excluding steroid dienone is 2. The molecule has 0 radical (unpaired) electrons. The molecule has 0 bridgehead atoms. The summed E-state index contributed by atoms with van der Waals surface area (Å²) in [4.78, 5) is 4.45. The minimum absolute atomic E-state index is 0.230. The SMILES string of the molecule is CC/C=C/C1CCC(C#Cc2ccc(-c3ccc(F)cc3)nc2)CC1. The molecule has 0 unspecified atom stereocenters. The van der Waals surface area contributed by atoms with Gasteiger partial charge in [0.25, 0.3) is 0 Å². The van der Waals surface area contributed by atoms with E-state index in [-0.39, 0.29) is 5.82 Å². The Morgan fingerprint density at radius 2 is 1.84 bits per heavy atom. The second-order valence-corrected chi connectivity index (χ2v) is 6.66. The van der Waals surface area contributed by atoms with Crippen molar-refractivity contribution < 1.29 is 4.39 Å². The molecule has 0 saturated heterocycles. The number of rotatable bonds is 3. The minimum atomic E-state index is -0.230. The molecule has 1 fully saturated rings. The van der Waals surface area contributed by atoms with Crippen LogP contribution in [0.4, 0.5) is 4.39 Å². The van der Waals surface area contributed by atoms with Gasteiger partial charge in [-0.25, -0.2) is 4.39 Å². The van der Waals surface area contributed by atoms with Gasteiger partial charge in [0.05, 0.1) is 5.69 Å². The maximum atomic E-state index is 13.0. The minimum Gasteiger partial charge on any atom is -0.255 e. The Kier molecular flexibility index (Phi) is 6.01. The van der Waals surface area contributed by atoms with Crippen molar-refractivity contribution in [3.63, 3.8) is 0 Å². The van der Waals surface area contributed by atoms with Gasteiger partial charge in [0, 0.05) is 23.2 Å². The topological polar surface area (TPSA) is 12.9 Å². The molecule has 25 heavy (non-hydrogen) atoms. The summed E-state index contributed by atoms with van der Waals surface area (Å²) in [6.07, 6.45) is 12.5. The average molecular weight is 333 g/mol. The van der Waals surface area contributed by atoms with Crippen LogP contribution in [0.2, 0.25) is 0 Å². The monoisotopic (exact) mass is 333 g/mol. The molecule has 0 spiro atoms. The van der Waals surface area contributed by atoms with E-state index in [9.17, 15) is 4.39 Å². The van der Waals surface area contributed by atoms with E-state index in [1.807, 2.05) is 12.1 Å². The third-order valence-electron chi connectivity index (χ3n) is 4.74. The smallest absolute Gasteiger partial charge is 0.123 e. The Hall–Kier alpha value is -2.40. The van der Waals surface area contributed by atoms with Crippen LogP contribution in [-0.2, 0) is 0 Å². The molecule has 1 aliphatic rings. The first kappa shape index (κ1) is 17.4. The lowest BCUT2D eigenvalue weighted by atomic mass is 9.82. The number of pyridine rings is 1. The molecule has 3 rings (SSSR count). The molecule has 1 aromatic heterocycles. The van der Waals surface area contributed by atoms with Gasteiger partial charge in [0.2, 0.25) is 0 Å². The predicted molar refractivity (Wildman–Crippen MR) is 101 cm³/mol. The zero-order valence-corrected chi connectivity index (χ0v) is 14.7. The van der Waals surface area contributed by atoms with Gasteiger partial charge in [-0.1, -0.05) is 30.9 Å². The summed E-state index contributed by atoms with van der Waals surface area (Å²) in [5.74, 6) is 7.70. The van der Waals surface area contributed by atoms with Gasteiger partial charge < -0.3 is 0 Å². The van der Waals surface area contributed by atoms with E-state index in [0.29, 0.717) is 5.92 Å². The van der Waals surface area contributed by atoms with Gasteiger partial charge in [-0.2, -0.15) is 0 Å². The van der Waals surface area contributed by atoms with Crippen molar-refractivity contribution in [2.75, 3.05) is 0 Å².